The van der Waals surface area contributed by atoms with Gasteiger partial charge in [0.05, 0.1) is 23.9 Å². The van der Waals surface area contributed by atoms with E-state index in [9.17, 15) is 18.0 Å². The van der Waals surface area contributed by atoms with Crippen molar-refractivity contribution >= 4 is 34.7 Å². The molecule has 188 valence electrons. The maximum absolute atomic E-state index is 15.3. The molecule has 36 heavy (non-hydrogen) atoms. The molecule has 8 nitrogen and oxygen atoms in total. The molecular weight excluding hydrogens is 504 g/mol. The molecule has 2 aromatic carbocycles. The van der Waals surface area contributed by atoms with Crippen LogP contribution in [0.4, 0.5) is 28.0 Å². The lowest BCUT2D eigenvalue weighted by Gasteiger charge is -2.12. The summed E-state index contributed by atoms with van der Waals surface area (Å²) in [7, 11) is 1.36. The fourth-order valence-corrected chi connectivity index (χ4v) is 3.79. The van der Waals surface area contributed by atoms with Gasteiger partial charge in [-0.3, -0.25) is 4.57 Å². The molecule has 0 atom stereocenters. The first-order chi connectivity index (χ1) is 17.2. The molecule has 0 unspecified atom stereocenters. The number of carbonyl (C=O) groups is 1. The Labute approximate surface area is 206 Å². The average Bonchev–Trinajstić information content (AvgIpc) is 3.18. The number of hydrogen-bond donors (Lipinski definition) is 1. The zero-order valence-corrected chi connectivity index (χ0v) is 19.6. The van der Waals surface area contributed by atoms with Gasteiger partial charge < -0.3 is 10.1 Å². The molecule has 13 heteroatoms. The summed E-state index contributed by atoms with van der Waals surface area (Å²) >= 11 is 0.963. The van der Waals surface area contributed by atoms with Crippen LogP contribution < -0.4 is 10.1 Å². The Morgan fingerprint density at radius 1 is 1.17 bits per heavy atom. The van der Waals surface area contributed by atoms with Crippen LogP contribution in [0.25, 0.3) is 10.9 Å². The van der Waals surface area contributed by atoms with E-state index < -0.39 is 23.6 Å². The summed E-state index contributed by atoms with van der Waals surface area (Å²) in [6, 6.07) is 9.18. The largest absolute Gasteiger partial charge is 0.436 e. The molecule has 0 saturated carbocycles. The quantitative estimate of drug-likeness (QED) is 0.0975. The van der Waals surface area contributed by atoms with Crippen molar-refractivity contribution in [3.05, 3.63) is 77.6 Å². The zero-order chi connectivity index (χ0) is 25.9. The highest BCUT2D eigenvalue weighted by Crippen LogP contribution is 2.33. The van der Waals surface area contributed by atoms with Crippen LogP contribution in [-0.4, -0.2) is 27.7 Å². The van der Waals surface area contributed by atoms with E-state index in [4.69, 9.17) is 9.07 Å². The zero-order valence-electron chi connectivity index (χ0n) is 18.8. The van der Waals surface area contributed by atoms with Crippen LogP contribution in [0, 0.1) is 12.7 Å². The minimum absolute atomic E-state index is 0.0508. The number of nitrogens with zero attached hydrogens (tertiary/aromatic N) is 3. The van der Waals surface area contributed by atoms with E-state index in [1.807, 2.05) is 0 Å². The molecule has 0 fully saturated rings. The minimum atomic E-state index is -4.56. The molecular formula is C23H18F4N4O4S. The Hall–Kier alpha value is -3.68. The summed E-state index contributed by atoms with van der Waals surface area (Å²) in [6.07, 6.45) is -3.11. The fraction of sp³-hybridized carbons (Fsp3) is 0.174. The molecule has 2 heterocycles. The molecule has 1 amide bonds. The second-order valence-corrected chi connectivity index (χ2v) is 8.01. The van der Waals surface area contributed by atoms with E-state index in [-0.39, 0.29) is 34.0 Å². The number of aromatic nitrogens is 3. The van der Waals surface area contributed by atoms with Crippen LogP contribution in [0.15, 0.2) is 54.7 Å². The van der Waals surface area contributed by atoms with Crippen molar-refractivity contribution in [2.45, 2.75) is 18.9 Å². The summed E-state index contributed by atoms with van der Waals surface area (Å²) in [5.41, 5.74) is -0.381. The highest BCUT2D eigenvalue weighted by atomic mass is 32.2. The van der Waals surface area contributed by atoms with Crippen LogP contribution in [-0.2, 0) is 21.2 Å². The Morgan fingerprint density at radius 3 is 2.72 bits per heavy atom. The molecule has 2 aromatic heterocycles. The van der Waals surface area contributed by atoms with Crippen molar-refractivity contribution in [2.24, 2.45) is 0 Å². The van der Waals surface area contributed by atoms with E-state index in [1.54, 1.807) is 6.92 Å². The predicted molar refractivity (Wildman–Crippen MR) is 124 cm³/mol. The molecule has 0 bridgehead atoms. The molecule has 4 rings (SSSR count). The van der Waals surface area contributed by atoms with Crippen LogP contribution >= 0.6 is 12.0 Å². The SMILES string of the molecule is COOSCc1nccc(Oc2ccc3c(cc(C)n3C(=O)Nc3cccc(C(F)(F)F)c3)c2F)n1. The number of aryl methyl sites for hydroxylation is 1. The number of nitrogens with one attached hydrogen (secondary N) is 1. The number of benzene rings is 2. The van der Waals surface area contributed by atoms with Gasteiger partial charge in [-0.1, -0.05) is 6.07 Å². The second kappa shape index (κ2) is 10.5. The van der Waals surface area contributed by atoms with Gasteiger partial charge in [0.1, 0.15) is 5.82 Å². The standard InChI is InChI=1S/C23H18F4N4O4S/c1-13-10-16-17(31(13)22(32)29-15-5-3-4-14(11-15)23(25,26)27)6-7-18(21(16)24)34-20-8-9-28-19(30-20)12-36-35-33-2/h3-11H,12H2,1-2H3,(H,29,32). The van der Waals surface area contributed by atoms with Gasteiger partial charge in [0.25, 0.3) is 0 Å². The number of fused-ring (bicyclic) bond motifs is 1. The molecule has 1 N–H and O–H groups in total. The summed E-state index contributed by atoms with van der Waals surface area (Å²) in [5.74, 6) is -0.156. The van der Waals surface area contributed by atoms with Crippen molar-refractivity contribution in [1.82, 2.24) is 14.5 Å². The number of alkyl halides is 3. The maximum atomic E-state index is 15.3. The van der Waals surface area contributed by atoms with E-state index >= 15 is 4.39 Å². The number of anilines is 1. The number of hydrogen-bond acceptors (Lipinski definition) is 7. The Kier molecular flexibility index (Phi) is 7.43. The Balaban J connectivity index is 1.58. The van der Waals surface area contributed by atoms with Crippen LogP contribution in [0.3, 0.4) is 0 Å². The van der Waals surface area contributed by atoms with Crippen LogP contribution in [0.2, 0.25) is 0 Å². The Bertz CT molecular complexity index is 1410. The monoisotopic (exact) mass is 522 g/mol. The predicted octanol–water partition coefficient (Wildman–Crippen LogP) is 6.50. The van der Waals surface area contributed by atoms with E-state index in [0.717, 1.165) is 28.7 Å². The highest BCUT2D eigenvalue weighted by molar-refractivity contribution is 7.93. The van der Waals surface area contributed by atoms with Crippen LogP contribution in [0.5, 0.6) is 11.6 Å². The van der Waals surface area contributed by atoms with Gasteiger partial charge in [-0.05, 0) is 43.3 Å². The topological polar surface area (TPSA) is 87.5 Å². The lowest BCUT2D eigenvalue weighted by atomic mass is 10.2. The van der Waals surface area contributed by atoms with Crippen LogP contribution in [0.1, 0.15) is 17.1 Å². The van der Waals surface area contributed by atoms with Gasteiger partial charge in [0, 0.05) is 41.1 Å². The molecule has 4 aromatic rings. The lowest BCUT2D eigenvalue weighted by Crippen LogP contribution is -2.20. The van der Waals surface area contributed by atoms with Crippen molar-refractivity contribution in [3.63, 3.8) is 0 Å². The van der Waals surface area contributed by atoms with E-state index in [0.29, 0.717) is 11.5 Å². The third-order valence-electron chi connectivity index (χ3n) is 4.91. The number of amides is 1. The molecule has 0 aliphatic carbocycles. The number of rotatable bonds is 7. The van der Waals surface area contributed by atoms with Gasteiger partial charge in [-0.2, -0.15) is 22.5 Å². The first-order valence-electron chi connectivity index (χ1n) is 10.3. The molecule has 0 spiro atoms. The molecule has 0 saturated heterocycles. The third kappa shape index (κ3) is 5.58. The maximum Gasteiger partial charge on any atom is 0.416 e. The van der Waals surface area contributed by atoms with E-state index in [2.05, 4.69) is 20.2 Å². The summed E-state index contributed by atoms with van der Waals surface area (Å²) in [6.45, 7) is 1.57. The van der Waals surface area contributed by atoms with Crippen molar-refractivity contribution < 1.29 is 36.3 Å². The molecule has 0 aliphatic rings. The summed E-state index contributed by atoms with van der Waals surface area (Å²) in [4.78, 5) is 25.6. The van der Waals surface area contributed by atoms with Gasteiger partial charge in [-0.25, -0.2) is 19.1 Å². The smallest absolute Gasteiger partial charge is 0.416 e. The van der Waals surface area contributed by atoms with Gasteiger partial charge in [-0.15, -0.1) is 0 Å². The second-order valence-electron chi connectivity index (χ2n) is 7.35. The Morgan fingerprint density at radius 2 is 1.97 bits per heavy atom. The van der Waals surface area contributed by atoms with Crippen molar-refractivity contribution in [1.29, 1.82) is 0 Å². The number of ether oxygens (including phenoxy) is 1. The fourth-order valence-electron chi connectivity index (χ4n) is 3.40. The van der Waals surface area contributed by atoms with Gasteiger partial charge in [0.15, 0.2) is 11.6 Å². The normalized spacial score (nSPS) is 11.6. The number of carbonyl (C=O) groups excluding carboxylic acids is 1. The summed E-state index contributed by atoms with van der Waals surface area (Å²) in [5, 5.41) is 2.51. The third-order valence-corrected chi connectivity index (χ3v) is 5.52. The highest BCUT2D eigenvalue weighted by Gasteiger charge is 2.30. The van der Waals surface area contributed by atoms with E-state index in [1.165, 1.54) is 49.7 Å². The summed E-state index contributed by atoms with van der Waals surface area (Å²) < 4.78 is 65.7. The molecule has 0 aliphatic heterocycles. The minimum Gasteiger partial charge on any atom is -0.436 e. The number of halogens is 4. The lowest BCUT2D eigenvalue weighted by molar-refractivity contribution is -0.160. The first-order valence-corrected chi connectivity index (χ1v) is 11.2. The van der Waals surface area contributed by atoms with Crippen molar-refractivity contribution in [2.75, 3.05) is 12.4 Å². The molecule has 0 radical (unpaired) electrons. The average molecular weight is 522 g/mol. The van der Waals surface area contributed by atoms with Gasteiger partial charge in [0.2, 0.25) is 5.88 Å². The van der Waals surface area contributed by atoms with Crippen molar-refractivity contribution in [3.8, 4) is 11.6 Å². The van der Waals surface area contributed by atoms with Gasteiger partial charge >= 0.3 is 12.2 Å². The first kappa shape index (κ1) is 25.4.